The topological polar surface area (TPSA) is 38.1 Å². The van der Waals surface area contributed by atoms with E-state index in [1.54, 1.807) is 0 Å². The van der Waals surface area contributed by atoms with E-state index in [1.165, 1.54) is 12.8 Å². The summed E-state index contributed by atoms with van der Waals surface area (Å²) in [7, 11) is 0. The van der Waals surface area contributed by atoms with Gasteiger partial charge in [0.1, 0.15) is 0 Å². The monoisotopic (exact) mass is 247 g/mol. The van der Waals surface area contributed by atoms with Crippen molar-refractivity contribution in [2.45, 2.75) is 44.6 Å². The first kappa shape index (κ1) is 11.8. The van der Waals surface area contributed by atoms with Gasteiger partial charge in [0.25, 0.3) is 0 Å². The van der Waals surface area contributed by atoms with E-state index in [1.807, 2.05) is 23.1 Å². The number of rotatable bonds is 2. The number of hydrogen-bond donors (Lipinski definition) is 0. The van der Waals surface area contributed by atoms with E-state index >= 15 is 0 Å². The highest BCUT2D eigenvalue weighted by Crippen LogP contribution is 2.29. The molecule has 2 heterocycles. The van der Waals surface area contributed by atoms with Crippen LogP contribution in [0.25, 0.3) is 0 Å². The van der Waals surface area contributed by atoms with Crippen LogP contribution < -0.4 is 0 Å². The number of carbonyl (C=O) groups excluding carboxylic acids is 1. The van der Waals surface area contributed by atoms with Crippen LogP contribution in [-0.4, -0.2) is 33.7 Å². The molecule has 18 heavy (non-hydrogen) atoms. The second-order valence-electron chi connectivity index (χ2n) is 5.52. The Morgan fingerprint density at radius 1 is 1.11 bits per heavy atom. The van der Waals surface area contributed by atoms with Gasteiger partial charge in [-0.2, -0.15) is 5.10 Å². The van der Waals surface area contributed by atoms with E-state index in [2.05, 4.69) is 10.00 Å². The maximum atomic E-state index is 12.3. The minimum atomic E-state index is 0.325. The highest BCUT2D eigenvalue weighted by molar-refractivity contribution is 5.79. The summed E-state index contributed by atoms with van der Waals surface area (Å²) in [4.78, 5) is 14.4. The molecule has 1 aliphatic heterocycles. The molecule has 1 saturated heterocycles. The van der Waals surface area contributed by atoms with E-state index in [0.29, 0.717) is 17.9 Å². The van der Waals surface area contributed by atoms with Crippen molar-refractivity contribution in [2.75, 3.05) is 13.1 Å². The average molecular weight is 247 g/mol. The summed E-state index contributed by atoms with van der Waals surface area (Å²) in [5.74, 6) is 0.734. The molecule has 0 atom stereocenters. The third-order valence-corrected chi connectivity index (χ3v) is 4.38. The molecule has 0 radical (unpaired) electrons. The van der Waals surface area contributed by atoms with Gasteiger partial charge in [-0.1, -0.05) is 12.8 Å². The van der Waals surface area contributed by atoms with E-state index in [4.69, 9.17) is 0 Å². The molecule has 1 amide bonds. The molecule has 1 aromatic heterocycles. The Labute approximate surface area is 108 Å². The lowest BCUT2D eigenvalue weighted by atomic mass is 10.0. The van der Waals surface area contributed by atoms with Crippen molar-refractivity contribution in [1.29, 1.82) is 0 Å². The van der Waals surface area contributed by atoms with Gasteiger partial charge in [-0.15, -0.1) is 0 Å². The summed E-state index contributed by atoms with van der Waals surface area (Å²) in [5, 5.41) is 4.30. The number of carbonyl (C=O) groups is 1. The van der Waals surface area contributed by atoms with E-state index in [9.17, 15) is 4.79 Å². The van der Waals surface area contributed by atoms with Gasteiger partial charge >= 0.3 is 0 Å². The van der Waals surface area contributed by atoms with Crippen molar-refractivity contribution < 1.29 is 4.79 Å². The van der Waals surface area contributed by atoms with Crippen LogP contribution in [0.4, 0.5) is 0 Å². The quantitative estimate of drug-likeness (QED) is 0.804. The van der Waals surface area contributed by atoms with Gasteiger partial charge in [0.2, 0.25) is 5.91 Å². The smallest absolute Gasteiger partial charge is 0.225 e. The number of nitrogens with zero attached hydrogens (tertiary/aromatic N) is 3. The maximum Gasteiger partial charge on any atom is 0.225 e. The molecule has 0 spiro atoms. The fraction of sp³-hybridized carbons (Fsp3) is 0.714. The van der Waals surface area contributed by atoms with Crippen LogP contribution in [0.15, 0.2) is 18.5 Å². The molecule has 1 aromatic rings. The minimum Gasteiger partial charge on any atom is -0.342 e. The summed E-state index contributed by atoms with van der Waals surface area (Å²) in [6.07, 6.45) is 10.6. The molecule has 2 fully saturated rings. The molecule has 1 aliphatic carbocycles. The second kappa shape index (κ2) is 5.12. The van der Waals surface area contributed by atoms with Gasteiger partial charge < -0.3 is 4.90 Å². The SMILES string of the molecule is O=C(C1CCCC1)N1CCC(n2cccn2)CC1. The molecule has 2 aliphatic rings. The number of aromatic nitrogens is 2. The molecular formula is C14H21N3O. The summed E-state index contributed by atoms with van der Waals surface area (Å²) < 4.78 is 2.04. The zero-order valence-corrected chi connectivity index (χ0v) is 10.8. The Morgan fingerprint density at radius 2 is 1.83 bits per heavy atom. The van der Waals surface area contributed by atoms with E-state index < -0.39 is 0 Å². The van der Waals surface area contributed by atoms with Gasteiger partial charge in [0.05, 0.1) is 6.04 Å². The van der Waals surface area contributed by atoms with Gasteiger partial charge in [-0.05, 0) is 31.7 Å². The minimum absolute atomic E-state index is 0.325. The zero-order chi connectivity index (χ0) is 12.4. The number of hydrogen-bond acceptors (Lipinski definition) is 2. The summed E-state index contributed by atoms with van der Waals surface area (Å²) in [6, 6.07) is 2.45. The largest absolute Gasteiger partial charge is 0.342 e. The summed E-state index contributed by atoms with van der Waals surface area (Å²) in [5.41, 5.74) is 0. The third kappa shape index (κ3) is 2.28. The standard InChI is InChI=1S/C14H21N3O/c18-14(12-4-1-2-5-12)16-10-6-13(7-11-16)17-9-3-8-15-17/h3,8-9,12-13H,1-2,4-7,10-11H2. The number of piperidine rings is 1. The first-order chi connectivity index (χ1) is 8.84. The van der Waals surface area contributed by atoms with Crippen LogP contribution >= 0.6 is 0 Å². The van der Waals surface area contributed by atoms with Crippen LogP contribution in [0.2, 0.25) is 0 Å². The van der Waals surface area contributed by atoms with Crippen LogP contribution in [-0.2, 0) is 4.79 Å². The summed E-state index contributed by atoms with van der Waals surface area (Å²) in [6.45, 7) is 1.81. The van der Waals surface area contributed by atoms with Gasteiger partial charge in [0, 0.05) is 31.4 Å². The maximum absolute atomic E-state index is 12.3. The molecule has 4 heteroatoms. The molecular weight excluding hydrogens is 226 g/mol. The molecule has 98 valence electrons. The zero-order valence-electron chi connectivity index (χ0n) is 10.8. The van der Waals surface area contributed by atoms with Crippen LogP contribution in [0, 0.1) is 5.92 Å². The lowest BCUT2D eigenvalue weighted by Gasteiger charge is -2.33. The summed E-state index contributed by atoms with van der Waals surface area (Å²) >= 11 is 0. The molecule has 0 unspecified atom stereocenters. The van der Waals surface area contributed by atoms with E-state index in [-0.39, 0.29) is 0 Å². The molecule has 0 aromatic carbocycles. The van der Waals surface area contributed by atoms with Crippen molar-refractivity contribution in [1.82, 2.24) is 14.7 Å². The molecule has 1 saturated carbocycles. The Kier molecular flexibility index (Phi) is 3.35. The molecule has 0 N–H and O–H groups in total. The van der Waals surface area contributed by atoms with Crippen LogP contribution in [0.3, 0.4) is 0 Å². The average Bonchev–Trinajstić information content (AvgIpc) is 3.11. The first-order valence-electron chi connectivity index (χ1n) is 7.12. The number of likely N-dealkylation sites (tertiary alicyclic amines) is 1. The molecule has 3 rings (SSSR count). The molecule has 4 nitrogen and oxygen atoms in total. The van der Waals surface area contributed by atoms with E-state index in [0.717, 1.165) is 38.8 Å². The van der Waals surface area contributed by atoms with Crippen molar-refractivity contribution in [3.05, 3.63) is 18.5 Å². The van der Waals surface area contributed by atoms with Crippen molar-refractivity contribution in [3.8, 4) is 0 Å². The normalized spacial score (nSPS) is 22.6. The fourth-order valence-corrected chi connectivity index (χ4v) is 3.28. The van der Waals surface area contributed by atoms with Gasteiger partial charge in [0.15, 0.2) is 0 Å². The third-order valence-electron chi connectivity index (χ3n) is 4.38. The molecule has 0 bridgehead atoms. The predicted molar refractivity (Wildman–Crippen MR) is 69.0 cm³/mol. The second-order valence-corrected chi connectivity index (χ2v) is 5.52. The van der Waals surface area contributed by atoms with Gasteiger partial charge in [-0.25, -0.2) is 0 Å². The Morgan fingerprint density at radius 3 is 2.44 bits per heavy atom. The van der Waals surface area contributed by atoms with Gasteiger partial charge in [-0.3, -0.25) is 9.48 Å². The Balaban J connectivity index is 1.55. The highest BCUT2D eigenvalue weighted by Gasteiger charge is 2.30. The Bertz CT molecular complexity index is 387. The van der Waals surface area contributed by atoms with Crippen molar-refractivity contribution in [2.24, 2.45) is 5.92 Å². The van der Waals surface area contributed by atoms with Crippen molar-refractivity contribution >= 4 is 5.91 Å². The lowest BCUT2D eigenvalue weighted by Crippen LogP contribution is -2.41. The first-order valence-corrected chi connectivity index (χ1v) is 7.12. The fourth-order valence-electron chi connectivity index (χ4n) is 3.28. The lowest BCUT2D eigenvalue weighted by molar-refractivity contribution is -0.136. The van der Waals surface area contributed by atoms with Crippen LogP contribution in [0.1, 0.15) is 44.6 Å². The predicted octanol–water partition coefficient (Wildman–Crippen LogP) is 2.24. The van der Waals surface area contributed by atoms with Crippen molar-refractivity contribution in [3.63, 3.8) is 0 Å². The Hall–Kier alpha value is -1.32. The highest BCUT2D eigenvalue weighted by atomic mass is 16.2. The van der Waals surface area contributed by atoms with Crippen LogP contribution in [0.5, 0.6) is 0 Å². The number of amides is 1.